The third-order valence-corrected chi connectivity index (χ3v) is 4.57. The van der Waals surface area contributed by atoms with Crippen molar-refractivity contribution in [2.24, 2.45) is 0 Å². The highest BCUT2D eigenvalue weighted by atomic mass is 14.2. The zero-order chi connectivity index (χ0) is 14.4. The van der Waals surface area contributed by atoms with Crippen LogP contribution in [-0.2, 0) is 6.42 Å². The standard InChI is InChI=1S/C21H18/c1-14-7-3-5-9-18(14)20-13-17-12-16-8-4-6-10-19(16)21(17)11-15(20)2/h3-11,13H,12H2,1-2H3. The summed E-state index contributed by atoms with van der Waals surface area (Å²) in [7, 11) is 0. The first-order chi connectivity index (χ1) is 10.2. The fourth-order valence-electron chi connectivity index (χ4n) is 3.46. The lowest BCUT2D eigenvalue weighted by Crippen LogP contribution is -1.90. The second-order valence-electron chi connectivity index (χ2n) is 5.97. The van der Waals surface area contributed by atoms with Crippen molar-refractivity contribution >= 4 is 0 Å². The molecular formula is C21H18. The summed E-state index contributed by atoms with van der Waals surface area (Å²) in [4.78, 5) is 0. The molecule has 0 radical (unpaired) electrons. The summed E-state index contributed by atoms with van der Waals surface area (Å²) in [6.45, 7) is 4.42. The Morgan fingerprint density at radius 2 is 1.29 bits per heavy atom. The molecule has 0 bridgehead atoms. The normalized spacial score (nSPS) is 12.1. The van der Waals surface area contributed by atoms with Gasteiger partial charge >= 0.3 is 0 Å². The van der Waals surface area contributed by atoms with Crippen LogP contribution in [-0.4, -0.2) is 0 Å². The Hall–Kier alpha value is -2.34. The van der Waals surface area contributed by atoms with Crippen molar-refractivity contribution in [2.75, 3.05) is 0 Å². The van der Waals surface area contributed by atoms with E-state index in [9.17, 15) is 0 Å². The number of fused-ring (bicyclic) bond motifs is 3. The lowest BCUT2D eigenvalue weighted by Gasteiger charge is -2.12. The number of hydrogen-bond donors (Lipinski definition) is 0. The van der Waals surface area contributed by atoms with E-state index in [0.29, 0.717) is 0 Å². The first kappa shape index (κ1) is 12.4. The van der Waals surface area contributed by atoms with E-state index in [1.807, 2.05) is 0 Å². The molecule has 0 saturated carbocycles. The molecule has 0 nitrogen and oxygen atoms in total. The van der Waals surface area contributed by atoms with Gasteiger partial charge in [0, 0.05) is 0 Å². The number of aryl methyl sites for hydroxylation is 2. The molecule has 0 heterocycles. The van der Waals surface area contributed by atoms with E-state index in [2.05, 4.69) is 74.5 Å². The molecular weight excluding hydrogens is 252 g/mol. The molecule has 3 aromatic rings. The van der Waals surface area contributed by atoms with Gasteiger partial charge in [-0.1, -0.05) is 54.6 Å². The van der Waals surface area contributed by atoms with Gasteiger partial charge < -0.3 is 0 Å². The molecule has 0 spiro atoms. The quantitative estimate of drug-likeness (QED) is 0.426. The highest BCUT2D eigenvalue weighted by Crippen LogP contribution is 2.40. The van der Waals surface area contributed by atoms with Gasteiger partial charge in [0.05, 0.1) is 0 Å². The van der Waals surface area contributed by atoms with Crippen LogP contribution in [0.15, 0.2) is 60.7 Å². The van der Waals surface area contributed by atoms with Crippen LogP contribution in [0.25, 0.3) is 22.3 Å². The van der Waals surface area contributed by atoms with Gasteiger partial charge in [-0.3, -0.25) is 0 Å². The second kappa shape index (κ2) is 4.60. The summed E-state index contributed by atoms with van der Waals surface area (Å²) >= 11 is 0. The van der Waals surface area contributed by atoms with Crippen LogP contribution in [0.2, 0.25) is 0 Å². The topological polar surface area (TPSA) is 0 Å². The lowest BCUT2D eigenvalue weighted by atomic mass is 9.92. The van der Waals surface area contributed by atoms with Crippen molar-refractivity contribution in [3.8, 4) is 22.3 Å². The van der Waals surface area contributed by atoms with Gasteiger partial charge in [0.1, 0.15) is 0 Å². The molecule has 0 aromatic heterocycles. The van der Waals surface area contributed by atoms with Crippen molar-refractivity contribution in [3.05, 3.63) is 82.9 Å². The van der Waals surface area contributed by atoms with Crippen molar-refractivity contribution in [2.45, 2.75) is 20.3 Å². The molecule has 0 aliphatic heterocycles. The molecule has 1 aliphatic rings. The molecule has 0 atom stereocenters. The molecule has 0 N–H and O–H groups in total. The van der Waals surface area contributed by atoms with Crippen LogP contribution in [0.5, 0.6) is 0 Å². The summed E-state index contributed by atoms with van der Waals surface area (Å²) < 4.78 is 0. The Morgan fingerprint density at radius 1 is 0.571 bits per heavy atom. The lowest BCUT2D eigenvalue weighted by molar-refractivity contribution is 1.25. The van der Waals surface area contributed by atoms with Gasteiger partial charge in [-0.05, 0) is 70.8 Å². The van der Waals surface area contributed by atoms with Crippen LogP contribution in [0.1, 0.15) is 22.3 Å². The smallest absolute Gasteiger partial charge is 0.00132 e. The fourth-order valence-corrected chi connectivity index (χ4v) is 3.46. The monoisotopic (exact) mass is 270 g/mol. The largest absolute Gasteiger partial charge is 0.0620 e. The minimum Gasteiger partial charge on any atom is -0.0620 e. The van der Waals surface area contributed by atoms with E-state index in [-0.39, 0.29) is 0 Å². The van der Waals surface area contributed by atoms with Gasteiger partial charge in [-0.2, -0.15) is 0 Å². The maximum absolute atomic E-state index is 2.40. The van der Waals surface area contributed by atoms with Crippen LogP contribution in [0, 0.1) is 13.8 Å². The maximum atomic E-state index is 2.40. The van der Waals surface area contributed by atoms with Gasteiger partial charge in [0.15, 0.2) is 0 Å². The summed E-state index contributed by atoms with van der Waals surface area (Å²) in [6.07, 6.45) is 1.06. The Balaban J connectivity index is 1.92. The molecule has 3 aromatic carbocycles. The predicted octanol–water partition coefficient (Wildman–Crippen LogP) is 5.54. The number of rotatable bonds is 1. The van der Waals surface area contributed by atoms with Gasteiger partial charge in [0.25, 0.3) is 0 Å². The Labute approximate surface area is 126 Å². The fraction of sp³-hybridized carbons (Fsp3) is 0.143. The van der Waals surface area contributed by atoms with Crippen molar-refractivity contribution in [3.63, 3.8) is 0 Å². The van der Waals surface area contributed by atoms with E-state index in [1.54, 1.807) is 0 Å². The molecule has 0 saturated heterocycles. The van der Waals surface area contributed by atoms with Crippen LogP contribution < -0.4 is 0 Å². The SMILES string of the molecule is Cc1ccccc1-c1cc2c(cc1C)-c1ccccc1C2. The van der Waals surface area contributed by atoms with E-state index in [4.69, 9.17) is 0 Å². The summed E-state index contributed by atoms with van der Waals surface area (Å²) in [5, 5.41) is 0. The summed E-state index contributed by atoms with van der Waals surface area (Å²) in [6, 6.07) is 22.2. The third-order valence-electron chi connectivity index (χ3n) is 4.57. The molecule has 102 valence electrons. The van der Waals surface area contributed by atoms with Crippen LogP contribution in [0.4, 0.5) is 0 Å². The molecule has 0 unspecified atom stereocenters. The highest BCUT2D eigenvalue weighted by Gasteiger charge is 2.19. The number of benzene rings is 3. The minimum absolute atomic E-state index is 1.06. The van der Waals surface area contributed by atoms with Gasteiger partial charge in [-0.25, -0.2) is 0 Å². The van der Waals surface area contributed by atoms with Gasteiger partial charge in [-0.15, -0.1) is 0 Å². The summed E-state index contributed by atoms with van der Waals surface area (Å²) in [5.74, 6) is 0. The summed E-state index contributed by atoms with van der Waals surface area (Å²) in [5.41, 5.74) is 11.2. The Kier molecular flexibility index (Phi) is 2.71. The van der Waals surface area contributed by atoms with E-state index in [1.165, 1.54) is 44.5 Å². The first-order valence-corrected chi connectivity index (χ1v) is 7.52. The average molecular weight is 270 g/mol. The Bertz CT molecular complexity index is 840. The highest BCUT2D eigenvalue weighted by molar-refractivity contribution is 5.82. The van der Waals surface area contributed by atoms with Crippen LogP contribution >= 0.6 is 0 Å². The third kappa shape index (κ3) is 1.91. The molecule has 21 heavy (non-hydrogen) atoms. The first-order valence-electron chi connectivity index (χ1n) is 7.52. The molecule has 1 aliphatic carbocycles. The van der Waals surface area contributed by atoms with Crippen molar-refractivity contribution in [1.82, 2.24) is 0 Å². The van der Waals surface area contributed by atoms with E-state index in [0.717, 1.165) is 6.42 Å². The van der Waals surface area contributed by atoms with E-state index >= 15 is 0 Å². The molecule has 4 rings (SSSR count). The zero-order valence-corrected chi connectivity index (χ0v) is 12.5. The minimum atomic E-state index is 1.06. The number of hydrogen-bond acceptors (Lipinski definition) is 0. The molecule has 0 heteroatoms. The second-order valence-corrected chi connectivity index (χ2v) is 5.97. The predicted molar refractivity (Wildman–Crippen MR) is 89.6 cm³/mol. The Morgan fingerprint density at radius 3 is 2.10 bits per heavy atom. The maximum Gasteiger partial charge on any atom is -0.00132 e. The van der Waals surface area contributed by atoms with Crippen LogP contribution in [0.3, 0.4) is 0 Å². The zero-order valence-electron chi connectivity index (χ0n) is 12.5. The van der Waals surface area contributed by atoms with Crippen molar-refractivity contribution in [1.29, 1.82) is 0 Å². The molecule has 0 amide bonds. The average Bonchev–Trinajstić information content (AvgIpc) is 2.85. The molecule has 0 fully saturated rings. The van der Waals surface area contributed by atoms with E-state index < -0.39 is 0 Å². The van der Waals surface area contributed by atoms with Gasteiger partial charge in [0.2, 0.25) is 0 Å². The van der Waals surface area contributed by atoms with Crippen molar-refractivity contribution < 1.29 is 0 Å².